The van der Waals surface area contributed by atoms with Gasteiger partial charge in [0.1, 0.15) is 0 Å². The maximum Gasteiger partial charge on any atom is 0.357 e. The number of hydrogen-bond acceptors (Lipinski definition) is 3. The van der Waals surface area contributed by atoms with E-state index < -0.39 is 0 Å². The number of para-hydroxylation sites is 1. The summed E-state index contributed by atoms with van der Waals surface area (Å²) in [6.45, 7) is 6.17. The van der Waals surface area contributed by atoms with Crippen LogP contribution in [0.4, 0.5) is 0 Å². The van der Waals surface area contributed by atoms with Gasteiger partial charge in [-0.2, -0.15) is 0 Å². The third kappa shape index (κ3) is 2.37. The van der Waals surface area contributed by atoms with Crippen molar-refractivity contribution in [3.63, 3.8) is 0 Å². The molecule has 0 unspecified atom stereocenters. The number of esters is 1. The van der Waals surface area contributed by atoms with Crippen LogP contribution in [0.2, 0.25) is 0 Å². The lowest BCUT2D eigenvalue weighted by Gasteiger charge is -2.08. The minimum absolute atomic E-state index is 0.370. The number of allylic oxidation sites excluding steroid dienone is 1. The zero-order valence-electron chi connectivity index (χ0n) is 12.6. The Morgan fingerprint density at radius 2 is 2.18 bits per heavy atom. The maximum absolute atomic E-state index is 12.3. The first-order chi connectivity index (χ1) is 10.8. The molecule has 0 aliphatic heterocycles. The molecule has 1 aromatic carbocycles. The fourth-order valence-corrected chi connectivity index (χ4v) is 2.69. The minimum Gasteiger partial charge on any atom is -0.461 e. The second-order valence-corrected chi connectivity index (χ2v) is 5.17. The summed E-state index contributed by atoms with van der Waals surface area (Å²) in [7, 11) is 0. The summed E-state index contributed by atoms with van der Waals surface area (Å²) in [4.78, 5) is 19.9. The molecule has 2 aromatic heterocycles. The second kappa shape index (κ2) is 6.02. The average molecular weight is 294 g/mol. The average Bonchev–Trinajstić information content (AvgIpc) is 2.92. The Morgan fingerprint density at radius 1 is 1.36 bits per heavy atom. The number of aromatic nitrogens is 2. The number of aromatic amines is 1. The van der Waals surface area contributed by atoms with E-state index in [1.165, 1.54) is 0 Å². The molecule has 0 bridgehead atoms. The number of H-pyrrole nitrogens is 1. The van der Waals surface area contributed by atoms with E-state index >= 15 is 0 Å². The van der Waals surface area contributed by atoms with Gasteiger partial charge in [0.15, 0.2) is 5.69 Å². The van der Waals surface area contributed by atoms with Gasteiger partial charge < -0.3 is 9.72 Å². The molecule has 112 valence electrons. The Morgan fingerprint density at radius 3 is 2.95 bits per heavy atom. The molecule has 0 fully saturated rings. The lowest BCUT2D eigenvalue weighted by molar-refractivity contribution is 0.0497. The summed E-state index contributed by atoms with van der Waals surface area (Å²) in [5, 5.41) is 2.11. The number of pyridine rings is 1. The van der Waals surface area contributed by atoms with Crippen LogP contribution >= 0.6 is 0 Å². The van der Waals surface area contributed by atoms with Crippen LogP contribution in [-0.4, -0.2) is 22.5 Å². The van der Waals surface area contributed by atoms with Gasteiger partial charge in [0, 0.05) is 16.3 Å². The van der Waals surface area contributed by atoms with E-state index in [-0.39, 0.29) is 5.97 Å². The Balaban J connectivity index is 2.24. The van der Waals surface area contributed by atoms with Gasteiger partial charge in [0.2, 0.25) is 0 Å². The normalized spacial score (nSPS) is 11.0. The van der Waals surface area contributed by atoms with E-state index in [1.54, 1.807) is 12.3 Å². The standard InChI is InChI=1S/C18H18N2O2/c1-3-7-13-16-12-8-5-6-9-14(12)20-15(16)11-19-17(13)18(21)22-10-4-2/h3,5-6,8-9,11,20H,1,4,7,10H2,2H3. The zero-order valence-corrected chi connectivity index (χ0v) is 12.6. The van der Waals surface area contributed by atoms with Crippen LogP contribution in [0.1, 0.15) is 29.4 Å². The molecule has 0 spiro atoms. The van der Waals surface area contributed by atoms with Crippen molar-refractivity contribution in [2.45, 2.75) is 19.8 Å². The van der Waals surface area contributed by atoms with Crippen LogP contribution in [0.15, 0.2) is 43.1 Å². The Bertz CT molecular complexity index is 849. The molecule has 1 N–H and O–H groups in total. The number of rotatable bonds is 5. The van der Waals surface area contributed by atoms with Crippen molar-refractivity contribution in [1.29, 1.82) is 0 Å². The number of carbonyl (C=O) groups excluding carboxylic acids is 1. The van der Waals surface area contributed by atoms with E-state index in [0.717, 1.165) is 33.8 Å². The van der Waals surface area contributed by atoms with Crippen molar-refractivity contribution in [2.75, 3.05) is 6.61 Å². The highest BCUT2D eigenvalue weighted by atomic mass is 16.5. The molecule has 0 aliphatic rings. The molecule has 4 nitrogen and oxygen atoms in total. The summed E-state index contributed by atoms with van der Waals surface area (Å²) in [5.74, 6) is -0.370. The predicted octanol–water partition coefficient (Wildman–Crippen LogP) is 4.01. The Labute approximate surface area is 128 Å². The molecule has 0 atom stereocenters. The smallest absolute Gasteiger partial charge is 0.357 e. The molecule has 0 saturated carbocycles. The molecular weight excluding hydrogens is 276 g/mol. The third-order valence-corrected chi connectivity index (χ3v) is 3.62. The van der Waals surface area contributed by atoms with E-state index in [2.05, 4.69) is 16.5 Å². The highest BCUT2D eigenvalue weighted by Gasteiger charge is 2.19. The number of carbonyl (C=O) groups is 1. The van der Waals surface area contributed by atoms with Crippen molar-refractivity contribution >= 4 is 27.8 Å². The van der Waals surface area contributed by atoms with Gasteiger partial charge >= 0.3 is 5.97 Å². The fraction of sp³-hybridized carbons (Fsp3) is 0.222. The summed E-state index contributed by atoms with van der Waals surface area (Å²) in [5.41, 5.74) is 3.20. The fourth-order valence-electron chi connectivity index (χ4n) is 2.69. The Kier molecular flexibility index (Phi) is 3.92. The highest BCUT2D eigenvalue weighted by Crippen LogP contribution is 2.30. The number of hydrogen-bond donors (Lipinski definition) is 1. The van der Waals surface area contributed by atoms with Crippen molar-refractivity contribution in [3.8, 4) is 0 Å². The van der Waals surface area contributed by atoms with E-state index in [1.807, 2.05) is 31.2 Å². The third-order valence-electron chi connectivity index (χ3n) is 3.62. The lowest BCUT2D eigenvalue weighted by atomic mass is 10.0. The van der Waals surface area contributed by atoms with Crippen LogP contribution in [-0.2, 0) is 11.2 Å². The largest absolute Gasteiger partial charge is 0.461 e. The van der Waals surface area contributed by atoms with Crippen LogP contribution in [0, 0.1) is 0 Å². The number of nitrogens with zero attached hydrogens (tertiary/aromatic N) is 1. The van der Waals surface area contributed by atoms with Crippen LogP contribution in [0.5, 0.6) is 0 Å². The summed E-state index contributed by atoms with van der Waals surface area (Å²) in [6, 6.07) is 8.03. The van der Waals surface area contributed by atoms with Gasteiger partial charge in [-0.15, -0.1) is 6.58 Å². The van der Waals surface area contributed by atoms with Crippen molar-refractivity contribution in [1.82, 2.24) is 9.97 Å². The summed E-state index contributed by atoms with van der Waals surface area (Å²) < 4.78 is 5.26. The molecule has 22 heavy (non-hydrogen) atoms. The summed E-state index contributed by atoms with van der Waals surface area (Å²) in [6.07, 6.45) is 4.85. The van der Waals surface area contributed by atoms with Crippen LogP contribution < -0.4 is 0 Å². The highest BCUT2D eigenvalue weighted by molar-refractivity contribution is 6.11. The number of nitrogens with one attached hydrogen (secondary N) is 1. The first kappa shape index (κ1) is 14.3. The minimum atomic E-state index is -0.370. The van der Waals surface area contributed by atoms with Gasteiger partial charge in [-0.3, -0.25) is 0 Å². The van der Waals surface area contributed by atoms with Crippen LogP contribution in [0.25, 0.3) is 21.8 Å². The number of benzene rings is 1. The van der Waals surface area contributed by atoms with E-state index in [4.69, 9.17) is 4.74 Å². The second-order valence-electron chi connectivity index (χ2n) is 5.17. The molecule has 0 saturated heterocycles. The van der Waals surface area contributed by atoms with Gasteiger partial charge in [0.05, 0.1) is 18.3 Å². The summed E-state index contributed by atoms with van der Waals surface area (Å²) >= 11 is 0. The molecule has 0 amide bonds. The lowest BCUT2D eigenvalue weighted by Crippen LogP contribution is -2.11. The number of fused-ring (bicyclic) bond motifs is 3. The maximum atomic E-state index is 12.3. The van der Waals surface area contributed by atoms with Gasteiger partial charge in [-0.25, -0.2) is 9.78 Å². The van der Waals surface area contributed by atoms with Gasteiger partial charge in [-0.05, 0) is 24.5 Å². The molecule has 4 heteroatoms. The van der Waals surface area contributed by atoms with Crippen molar-refractivity contribution in [3.05, 3.63) is 54.4 Å². The van der Waals surface area contributed by atoms with E-state index in [0.29, 0.717) is 18.7 Å². The molecule has 3 aromatic rings. The van der Waals surface area contributed by atoms with Gasteiger partial charge in [-0.1, -0.05) is 31.2 Å². The molecular formula is C18H18N2O2. The monoisotopic (exact) mass is 294 g/mol. The quantitative estimate of drug-likeness (QED) is 0.571. The van der Waals surface area contributed by atoms with Crippen molar-refractivity contribution in [2.24, 2.45) is 0 Å². The molecule has 2 heterocycles. The Hall–Kier alpha value is -2.62. The molecule has 0 aliphatic carbocycles. The van der Waals surface area contributed by atoms with Crippen molar-refractivity contribution < 1.29 is 9.53 Å². The number of ether oxygens (including phenoxy) is 1. The zero-order chi connectivity index (χ0) is 15.5. The van der Waals surface area contributed by atoms with E-state index in [9.17, 15) is 4.79 Å². The van der Waals surface area contributed by atoms with Gasteiger partial charge in [0.25, 0.3) is 0 Å². The first-order valence-corrected chi connectivity index (χ1v) is 7.42. The first-order valence-electron chi connectivity index (χ1n) is 7.42. The van der Waals surface area contributed by atoms with Crippen LogP contribution in [0.3, 0.4) is 0 Å². The molecule has 0 radical (unpaired) electrons. The topological polar surface area (TPSA) is 55.0 Å². The predicted molar refractivity (Wildman–Crippen MR) is 88.1 cm³/mol. The molecule has 3 rings (SSSR count). The SMILES string of the molecule is C=CCc1c(C(=O)OCCC)ncc2[nH]c3ccccc3c12.